The minimum Gasteiger partial charge on any atom is -0.205 e. The number of fused-ring (bicyclic) bond motifs is 1. The molecule has 0 aromatic heterocycles. The average molecular weight is 485 g/mol. The zero-order chi connectivity index (χ0) is 25.0. The Balaban J connectivity index is 1.49. The molecule has 3 aromatic carbocycles. The normalized spacial score (nSPS) is 18.3. The van der Waals surface area contributed by atoms with Gasteiger partial charge in [0.05, 0.1) is 5.56 Å². The Morgan fingerprint density at radius 1 is 0.857 bits per heavy atom. The van der Waals surface area contributed by atoms with Gasteiger partial charge in [0.25, 0.3) is 0 Å². The quantitative estimate of drug-likeness (QED) is 0.186. The third kappa shape index (κ3) is 6.23. The number of hydrogen-bond donors (Lipinski definition) is 0. The molecule has 0 nitrogen and oxygen atoms in total. The van der Waals surface area contributed by atoms with Crippen molar-refractivity contribution >= 4 is 10.8 Å². The molecule has 0 radical (unpaired) electrons. The van der Waals surface area contributed by atoms with Crippen molar-refractivity contribution in [3.63, 3.8) is 0 Å². The molecular weight excluding hydrogens is 455 g/mol. The van der Waals surface area contributed by atoms with Crippen LogP contribution in [-0.2, 0) is 0 Å². The highest BCUT2D eigenvalue weighted by molar-refractivity contribution is 5.89. The molecule has 0 aliphatic heterocycles. The molecule has 0 amide bonds. The van der Waals surface area contributed by atoms with Gasteiger partial charge < -0.3 is 0 Å². The Bertz CT molecular complexity index is 1220. The van der Waals surface area contributed by atoms with E-state index < -0.39 is 23.4 Å². The van der Waals surface area contributed by atoms with Crippen molar-refractivity contribution in [3.05, 3.63) is 71.3 Å². The molecule has 0 unspecified atom stereocenters. The zero-order valence-electron chi connectivity index (χ0n) is 19.8. The molecule has 35 heavy (non-hydrogen) atoms. The van der Waals surface area contributed by atoms with E-state index in [0.717, 1.165) is 29.0 Å². The third-order valence-electron chi connectivity index (χ3n) is 7.14. The van der Waals surface area contributed by atoms with E-state index in [4.69, 9.17) is 0 Å². The maximum absolute atomic E-state index is 14.7. The van der Waals surface area contributed by atoms with Gasteiger partial charge in [0, 0.05) is 11.3 Å². The second kappa shape index (κ2) is 10.8. The van der Waals surface area contributed by atoms with E-state index in [1.807, 2.05) is 12.1 Å². The molecule has 1 fully saturated rings. The van der Waals surface area contributed by atoms with Crippen molar-refractivity contribution in [2.24, 2.45) is 5.92 Å². The Hall–Kier alpha value is -2.87. The molecule has 1 aliphatic carbocycles. The first-order chi connectivity index (χ1) is 16.7. The average Bonchev–Trinajstić information content (AvgIpc) is 2.83. The first kappa shape index (κ1) is 25.2. The molecule has 0 bridgehead atoms. The minimum absolute atomic E-state index is 0.0361. The maximum Gasteiger partial charge on any atom is 0.458 e. The fourth-order valence-electron chi connectivity index (χ4n) is 5.17. The molecule has 1 aliphatic rings. The summed E-state index contributed by atoms with van der Waals surface area (Å²) in [6.45, 7) is 2.24. The van der Waals surface area contributed by atoms with Crippen LogP contribution in [-0.4, -0.2) is 6.18 Å². The molecule has 0 N–H and O–H groups in total. The minimum atomic E-state index is -4.82. The number of benzene rings is 3. The Kier molecular flexibility index (Phi) is 7.79. The Labute approximate surface area is 203 Å². The van der Waals surface area contributed by atoms with Crippen LogP contribution in [0.25, 0.3) is 21.9 Å². The molecule has 0 saturated heterocycles. The van der Waals surface area contributed by atoms with Gasteiger partial charge in [-0.15, -0.1) is 0 Å². The van der Waals surface area contributed by atoms with Crippen LogP contribution < -0.4 is 0 Å². The number of alkyl halides is 3. The number of rotatable bonds is 6. The van der Waals surface area contributed by atoms with Crippen LogP contribution in [0.4, 0.5) is 22.0 Å². The molecule has 0 heterocycles. The number of hydrogen-bond acceptors (Lipinski definition) is 0. The predicted octanol–water partition coefficient (Wildman–Crippen LogP) is 9.55. The lowest BCUT2D eigenvalue weighted by Gasteiger charge is -2.29. The fourth-order valence-corrected chi connectivity index (χ4v) is 5.17. The number of halogens is 5. The SMILES string of the molecule is CCCCCC1CCC(c2ccc(-c3ccc4c(F)c(C#CC(F)(F)F)c(F)cc4c3)cc2)CC1. The molecule has 0 spiro atoms. The van der Waals surface area contributed by atoms with Crippen LogP contribution in [0.1, 0.15) is 75.3 Å². The van der Waals surface area contributed by atoms with E-state index in [1.54, 1.807) is 18.1 Å². The predicted molar refractivity (Wildman–Crippen MR) is 131 cm³/mol. The Morgan fingerprint density at radius 2 is 1.54 bits per heavy atom. The fraction of sp³-hybridized carbons (Fsp3) is 0.400. The van der Waals surface area contributed by atoms with Gasteiger partial charge in [0.2, 0.25) is 0 Å². The van der Waals surface area contributed by atoms with Crippen molar-refractivity contribution < 1.29 is 22.0 Å². The summed E-state index contributed by atoms with van der Waals surface area (Å²) in [5, 5.41) is 0.314. The van der Waals surface area contributed by atoms with Crippen LogP contribution in [0.2, 0.25) is 0 Å². The lowest BCUT2D eigenvalue weighted by Crippen LogP contribution is -2.13. The van der Waals surface area contributed by atoms with Gasteiger partial charge in [-0.2, -0.15) is 13.2 Å². The summed E-state index contributed by atoms with van der Waals surface area (Å²) in [5.74, 6) is 1.77. The van der Waals surface area contributed by atoms with Gasteiger partial charge >= 0.3 is 6.18 Å². The van der Waals surface area contributed by atoms with Crippen molar-refractivity contribution in [3.8, 4) is 23.0 Å². The van der Waals surface area contributed by atoms with Gasteiger partial charge in [0.1, 0.15) is 11.6 Å². The second-order valence-electron chi connectivity index (χ2n) is 9.57. The van der Waals surface area contributed by atoms with Crippen LogP contribution in [0.3, 0.4) is 0 Å². The molecule has 3 aromatic rings. The van der Waals surface area contributed by atoms with Crippen molar-refractivity contribution in [1.29, 1.82) is 0 Å². The summed E-state index contributed by atoms with van der Waals surface area (Å²) in [5.41, 5.74) is 2.17. The van der Waals surface area contributed by atoms with Gasteiger partial charge in [-0.25, -0.2) is 8.78 Å². The van der Waals surface area contributed by atoms with Crippen molar-refractivity contribution in [2.45, 2.75) is 70.4 Å². The summed E-state index contributed by atoms with van der Waals surface area (Å²) in [6, 6.07) is 14.2. The molecule has 5 heteroatoms. The molecule has 0 atom stereocenters. The highest BCUT2D eigenvalue weighted by atomic mass is 19.4. The largest absolute Gasteiger partial charge is 0.458 e. The van der Waals surface area contributed by atoms with Gasteiger partial charge in [0.15, 0.2) is 0 Å². The van der Waals surface area contributed by atoms with Gasteiger partial charge in [-0.3, -0.25) is 0 Å². The molecule has 1 saturated carbocycles. The van der Waals surface area contributed by atoms with Crippen molar-refractivity contribution in [1.82, 2.24) is 0 Å². The standard InChI is InChI=1S/C30H29F5/c1-2-3-4-5-20-6-8-21(9-7-20)22-10-12-23(13-11-22)24-14-15-26-25(18-24)19-28(31)27(29(26)32)16-17-30(33,34)35/h10-15,18-21H,2-9H2,1H3. The first-order valence-electron chi connectivity index (χ1n) is 12.4. The maximum atomic E-state index is 14.7. The summed E-state index contributed by atoms with van der Waals surface area (Å²) in [4.78, 5) is 0. The highest BCUT2D eigenvalue weighted by Gasteiger charge is 2.24. The topological polar surface area (TPSA) is 0 Å². The summed E-state index contributed by atoms with van der Waals surface area (Å²) in [6.07, 6.45) is 5.44. The monoisotopic (exact) mass is 484 g/mol. The van der Waals surface area contributed by atoms with Crippen LogP contribution in [0, 0.1) is 29.4 Å². The van der Waals surface area contributed by atoms with E-state index in [2.05, 4.69) is 19.1 Å². The molecule has 184 valence electrons. The summed E-state index contributed by atoms with van der Waals surface area (Å²) < 4.78 is 66.1. The van der Waals surface area contributed by atoms with Gasteiger partial charge in [-0.05, 0) is 71.7 Å². The summed E-state index contributed by atoms with van der Waals surface area (Å²) in [7, 11) is 0. The van der Waals surface area contributed by atoms with Crippen LogP contribution in [0.5, 0.6) is 0 Å². The highest BCUT2D eigenvalue weighted by Crippen LogP contribution is 2.38. The van der Waals surface area contributed by atoms with E-state index in [-0.39, 0.29) is 10.8 Å². The zero-order valence-corrected chi connectivity index (χ0v) is 19.8. The smallest absolute Gasteiger partial charge is 0.205 e. The summed E-state index contributed by atoms with van der Waals surface area (Å²) >= 11 is 0. The molecular formula is C30H29F5. The van der Waals surface area contributed by atoms with Crippen molar-refractivity contribution in [2.75, 3.05) is 0 Å². The third-order valence-corrected chi connectivity index (χ3v) is 7.14. The second-order valence-corrected chi connectivity index (χ2v) is 9.57. The Morgan fingerprint density at radius 3 is 2.20 bits per heavy atom. The lowest BCUT2D eigenvalue weighted by molar-refractivity contribution is -0.0696. The van der Waals surface area contributed by atoms with Crippen LogP contribution in [0.15, 0.2) is 48.5 Å². The number of unbranched alkanes of at least 4 members (excludes halogenated alkanes) is 2. The lowest BCUT2D eigenvalue weighted by atomic mass is 9.77. The van der Waals surface area contributed by atoms with E-state index in [0.29, 0.717) is 5.92 Å². The van der Waals surface area contributed by atoms with E-state index >= 15 is 0 Å². The van der Waals surface area contributed by atoms with Crippen LogP contribution >= 0.6 is 0 Å². The first-order valence-corrected chi connectivity index (χ1v) is 12.4. The van der Waals surface area contributed by atoms with E-state index in [1.165, 1.54) is 63.0 Å². The molecule has 4 rings (SSSR count). The van der Waals surface area contributed by atoms with E-state index in [9.17, 15) is 22.0 Å². The van der Waals surface area contributed by atoms with Gasteiger partial charge in [-0.1, -0.05) is 74.9 Å².